The molecule has 0 aliphatic carbocycles. The zero-order chi connectivity index (χ0) is 14.8. The molecule has 0 saturated carbocycles. The smallest absolute Gasteiger partial charge is 0.282 e. The van der Waals surface area contributed by atoms with Crippen molar-refractivity contribution in [3.05, 3.63) is 0 Å². The van der Waals surface area contributed by atoms with Gasteiger partial charge in [0, 0.05) is 32.2 Å². The van der Waals surface area contributed by atoms with Gasteiger partial charge < -0.3 is 5.73 Å². The van der Waals surface area contributed by atoms with E-state index in [4.69, 9.17) is 5.73 Å². The van der Waals surface area contributed by atoms with Gasteiger partial charge in [0.05, 0.1) is 0 Å². The molecule has 2 rings (SSSR count). The zero-order valence-corrected chi connectivity index (χ0v) is 13.6. The Morgan fingerprint density at radius 3 is 2.30 bits per heavy atom. The number of piperidine rings is 2. The summed E-state index contributed by atoms with van der Waals surface area (Å²) in [6.45, 7) is 6.85. The summed E-state index contributed by atoms with van der Waals surface area (Å²) in [7, 11) is -3.31. The Kier molecular flexibility index (Phi) is 5.45. The van der Waals surface area contributed by atoms with Gasteiger partial charge in [0.15, 0.2) is 0 Å². The SMILES string of the molecule is CC(C)C1CCN(S(=O)(=O)N2CCCCC2CN)CC1. The van der Waals surface area contributed by atoms with Crippen molar-refractivity contribution in [3.63, 3.8) is 0 Å². The van der Waals surface area contributed by atoms with Crippen LogP contribution in [-0.4, -0.2) is 49.2 Å². The molecule has 5 nitrogen and oxygen atoms in total. The van der Waals surface area contributed by atoms with Crippen LogP contribution < -0.4 is 5.73 Å². The molecule has 2 heterocycles. The normalized spacial score (nSPS) is 28.1. The van der Waals surface area contributed by atoms with Crippen LogP contribution in [0.15, 0.2) is 0 Å². The molecule has 0 amide bonds. The second-order valence-corrected chi connectivity index (χ2v) is 8.37. The van der Waals surface area contributed by atoms with E-state index in [1.807, 2.05) is 0 Å². The standard InChI is InChI=1S/C14H29N3O2S/c1-12(2)13-6-9-16(10-7-13)20(18,19)17-8-4-3-5-14(17)11-15/h12-14H,3-11,15H2,1-2H3. The summed E-state index contributed by atoms with van der Waals surface area (Å²) in [5.41, 5.74) is 5.76. The van der Waals surface area contributed by atoms with Crippen molar-refractivity contribution in [2.75, 3.05) is 26.2 Å². The highest BCUT2D eigenvalue weighted by Crippen LogP contribution is 2.29. The maximum Gasteiger partial charge on any atom is 0.282 e. The second kappa shape index (κ2) is 6.73. The number of hydrogen-bond donors (Lipinski definition) is 1. The second-order valence-electron chi connectivity index (χ2n) is 6.48. The quantitative estimate of drug-likeness (QED) is 0.854. The van der Waals surface area contributed by atoms with E-state index in [1.54, 1.807) is 8.61 Å². The van der Waals surface area contributed by atoms with Crippen LogP contribution in [0.5, 0.6) is 0 Å². The highest BCUT2D eigenvalue weighted by molar-refractivity contribution is 7.86. The molecule has 0 aromatic heterocycles. The number of hydrogen-bond acceptors (Lipinski definition) is 3. The van der Waals surface area contributed by atoms with E-state index in [0.717, 1.165) is 32.1 Å². The van der Waals surface area contributed by atoms with E-state index < -0.39 is 10.2 Å². The van der Waals surface area contributed by atoms with Gasteiger partial charge in [-0.1, -0.05) is 20.3 Å². The molecule has 0 bridgehead atoms. The average Bonchev–Trinajstić information content (AvgIpc) is 2.47. The van der Waals surface area contributed by atoms with Gasteiger partial charge in [-0.25, -0.2) is 0 Å². The van der Waals surface area contributed by atoms with Crippen molar-refractivity contribution in [1.82, 2.24) is 8.61 Å². The summed E-state index contributed by atoms with van der Waals surface area (Å²) in [6.07, 6.45) is 4.91. The van der Waals surface area contributed by atoms with Gasteiger partial charge in [-0.3, -0.25) is 0 Å². The predicted octanol–water partition coefficient (Wildman–Crippen LogP) is 1.41. The van der Waals surface area contributed by atoms with Gasteiger partial charge in [0.25, 0.3) is 10.2 Å². The molecular formula is C14H29N3O2S. The lowest BCUT2D eigenvalue weighted by molar-refractivity contribution is 0.195. The van der Waals surface area contributed by atoms with Crippen LogP contribution in [0.3, 0.4) is 0 Å². The van der Waals surface area contributed by atoms with Gasteiger partial charge in [-0.05, 0) is 37.5 Å². The molecule has 2 fully saturated rings. The molecule has 118 valence electrons. The maximum atomic E-state index is 12.8. The van der Waals surface area contributed by atoms with E-state index in [0.29, 0.717) is 38.0 Å². The van der Waals surface area contributed by atoms with E-state index in [1.165, 1.54) is 0 Å². The minimum Gasteiger partial charge on any atom is -0.329 e. The molecule has 0 aromatic rings. The van der Waals surface area contributed by atoms with Crippen molar-refractivity contribution in [2.45, 2.75) is 52.0 Å². The number of nitrogens with zero attached hydrogens (tertiary/aromatic N) is 2. The van der Waals surface area contributed by atoms with E-state index in [2.05, 4.69) is 13.8 Å². The van der Waals surface area contributed by atoms with Gasteiger partial charge >= 0.3 is 0 Å². The molecule has 0 aromatic carbocycles. The first kappa shape index (κ1) is 16.2. The van der Waals surface area contributed by atoms with Crippen LogP contribution in [0.1, 0.15) is 46.0 Å². The third-order valence-electron chi connectivity index (χ3n) is 4.91. The maximum absolute atomic E-state index is 12.8. The Hall–Kier alpha value is -0.170. The average molecular weight is 303 g/mol. The Balaban J connectivity index is 2.03. The van der Waals surface area contributed by atoms with E-state index in [9.17, 15) is 8.42 Å². The fourth-order valence-electron chi connectivity index (χ4n) is 3.43. The number of nitrogens with two attached hydrogens (primary N) is 1. The number of rotatable bonds is 4. The summed E-state index contributed by atoms with van der Waals surface area (Å²) >= 11 is 0. The summed E-state index contributed by atoms with van der Waals surface area (Å²) in [6, 6.07) is -0.00317. The molecule has 2 aliphatic heterocycles. The fourth-order valence-corrected chi connectivity index (χ4v) is 5.33. The predicted molar refractivity (Wildman–Crippen MR) is 81.5 cm³/mol. The summed E-state index contributed by atoms with van der Waals surface area (Å²) in [5, 5.41) is 0. The molecule has 0 spiro atoms. The van der Waals surface area contributed by atoms with Gasteiger partial charge in [-0.2, -0.15) is 17.0 Å². The van der Waals surface area contributed by atoms with Crippen molar-refractivity contribution in [2.24, 2.45) is 17.6 Å². The van der Waals surface area contributed by atoms with E-state index >= 15 is 0 Å². The summed E-state index contributed by atoms with van der Waals surface area (Å²) < 4.78 is 28.9. The van der Waals surface area contributed by atoms with Crippen molar-refractivity contribution in [1.29, 1.82) is 0 Å². The Morgan fingerprint density at radius 2 is 1.75 bits per heavy atom. The molecule has 1 unspecified atom stereocenters. The lowest BCUT2D eigenvalue weighted by Crippen LogP contribution is -2.54. The lowest BCUT2D eigenvalue weighted by Gasteiger charge is -2.40. The summed E-state index contributed by atoms with van der Waals surface area (Å²) in [5.74, 6) is 1.31. The highest BCUT2D eigenvalue weighted by atomic mass is 32.2. The topological polar surface area (TPSA) is 66.6 Å². The third kappa shape index (κ3) is 3.35. The first-order chi connectivity index (χ1) is 9.46. The van der Waals surface area contributed by atoms with Crippen LogP contribution in [0, 0.1) is 11.8 Å². The molecule has 6 heteroatoms. The Morgan fingerprint density at radius 1 is 1.10 bits per heavy atom. The van der Waals surface area contributed by atoms with Crippen LogP contribution in [-0.2, 0) is 10.2 Å². The van der Waals surface area contributed by atoms with Gasteiger partial charge in [0.2, 0.25) is 0 Å². The van der Waals surface area contributed by atoms with Crippen LogP contribution in [0.2, 0.25) is 0 Å². The van der Waals surface area contributed by atoms with Crippen LogP contribution in [0.25, 0.3) is 0 Å². The molecular weight excluding hydrogens is 274 g/mol. The van der Waals surface area contributed by atoms with Crippen LogP contribution in [0.4, 0.5) is 0 Å². The minimum atomic E-state index is -3.31. The molecule has 2 saturated heterocycles. The Labute approximate surface area is 123 Å². The van der Waals surface area contributed by atoms with Gasteiger partial charge in [-0.15, -0.1) is 0 Å². The van der Waals surface area contributed by atoms with Crippen LogP contribution >= 0.6 is 0 Å². The van der Waals surface area contributed by atoms with Crippen molar-refractivity contribution < 1.29 is 8.42 Å². The first-order valence-corrected chi connectivity index (χ1v) is 9.33. The molecule has 0 radical (unpaired) electrons. The minimum absolute atomic E-state index is 0.00317. The largest absolute Gasteiger partial charge is 0.329 e. The molecule has 20 heavy (non-hydrogen) atoms. The Bertz CT molecular complexity index is 403. The first-order valence-electron chi connectivity index (χ1n) is 7.93. The third-order valence-corrected chi connectivity index (χ3v) is 7.00. The lowest BCUT2D eigenvalue weighted by atomic mass is 9.87. The monoisotopic (exact) mass is 303 g/mol. The molecule has 1 atom stereocenters. The molecule has 2 aliphatic rings. The van der Waals surface area contributed by atoms with Crippen molar-refractivity contribution >= 4 is 10.2 Å². The fraction of sp³-hybridized carbons (Fsp3) is 1.00. The molecule has 2 N–H and O–H groups in total. The highest BCUT2D eigenvalue weighted by Gasteiger charge is 2.37. The van der Waals surface area contributed by atoms with Crippen molar-refractivity contribution in [3.8, 4) is 0 Å². The van der Waals surface area contributed by atoms with Gasteiger partial charge in [0.1, 0.15) is 0 Å². The van der Waals surface area contributed by atoms with E-state index in [-0.39, 0.29) is 6.04 Å². The summed E-state index contributed by atoms with van der Waals surface area (Å²) in [4.78, 5) is 0. The zero-order valence-electron chi connectivity index (χ0n) is 12.8.